The second-order valence-electron chi connectivity index (χ2n) is 4.90. The maximum Gasteiger partial charge on any atom is 0.416 e. The molecule has 1 aliphatic heterocycles. The number of nitrogens with two attached hydrogens (primary N) is 1. The molecule has 116 valence electrons. The number of benzene rings is 1. The third-order valence-corrected chi connectivity index (χ3v) is 4.73. The Labute approximate surface area is 122 Å². The Hall–Kier alpha value is -1.57. The fourth-order valence-corrected chi connectivity index (χ4v) is 3.43. The summed E-state index contributed by atoms with van der Waals surface area (Å²) in [6.45, 7) is 0. The zero-order chi connectivity index (χ0) is 15.6. The third-order valence-electron chi connectivity index (χ3n) is 3.35. The number of halogens is 3. The molecule has 1 aromatic carbocycles. The van der Waals surface area contributed by atoms with Crippen LogP contribution in [0.1, 0.15) is 28.8 Å². The fourth-order valence-electron chi connectivity index (χ4n) is 2.13. The zero-order valence-corrected chi connectivity index (χ0v) is 11.9. The molecular formula is C13H15F3N2O2S. The van der Waals surface area contributed by atoms with Crippen LogP contribution in [0, 0.1) is 0 Å². The van der Waals surface area contributed by atoms with Crippen molar-refractivity contribution < 1.29 is 22.2 Å². The molecule has 0 bridgehead atoms. The van der Waals surface area contributed by atoms with Crippen molar-refractivity contribution in [1.29, 1.82) is 0 Å². The monoisotopic (exact) mass is 320 g/mol. The Bertz CT molecular complexity index is 565. The van der Waals surface area contributed by atoms with Crippen molar-refractivity contribution >= 4 is 22.4 Å². The van der Waals surface area contributed by atoms with Gasteiger partial charge in [0.1, 0.15) is 0 Å². The molecule has 0 spiro atoms. The number of anilines is 1. The first-order valence-corrected chi connectivity index (χ1v) is 7.89. The van der Waals surface area contributed by atoms with E-state index in [1.165, 1.54) is 0 Å². The van der Waals surface area contributed by atoms with Crippen LogP contribution in [-0.2, 0) is 17.0 Å². The third kappa shape index (κ3) is 3.96. The molecule has 1 aliphatic rings. The minimum atomic E-state index is -4.52. The molecular weight excluding hydrogens is 305 g/mol. The van der Waals surface area contributed by atoms with Crippen molar-refractivity contribution in [1.82, 2.24) is 5.32 Å². The molecule has 1 fully saturated rings. The standard InChI is InChI=1S/C13H15F3N2O2S/c14-13(15,16)8-1-2-11(17)10(7-8)12(19)18-9-3-5-21(20)6-4-9/h1-2,7,9H,3-6,17H2,(H,18,19). The molecule has 4 nitrogen and oxygen atoms in total. The molecule has 1 heterocycles. The maximum atomic E-state index is 12.7. The molecule has 1 saturated heterocycles. The Kier molecular flexibility index (Phi) is 4.55. The Morgan fingerprint density at radius 1 is 1.29 bits per heavy atom. The van der Waals surface area contributed by atoms with Crippen LogP contribution in [-0.4, -0.2) is 27.7 Å². The lowest BCUT2D eigenvalue weighted by molar-refractivity contribution is -0.137. The zero-order valence-electron chi connectivity index (χ0n) is 11.1. The van der Waals surface area contributed by atoms with Crippen LogP contribution in [0.5, 0.6) is 0 Å². The Morgan fingerprint density at radius 2 is 1.90 bits per heavy atom. The summed E-state index contributed by atoms with van der Waals surface area (Å²) in [6.07, 6.45) is -3.42. The smallest absolute Gasteiger partial charge is 0.398 e. The van der Waals surface area contributed by atoms with Crippen LogP contribution in [0.3, 0.4) is 0 Å². The molecule has 0 radical (unpaired) electrons. The van der Waals surface area contributed by atoms with Crippen LogP contribution >= 0.6 is 0 Å². The molecule has 21 heavy (non-hydrogen) atoms. The van der Waals surface area contributed by atoms with Gasteiger partial charge in [-0.2, -0.15) is 13.2 Å². The lowest BCUT2D eigenvalue weighted by Gasteiger charge is -2.23. The minimum absolute atomic E-state index is 0.000106. The molecule has 1 amide bonds. The van der Waals surface area contributed by atoms with E-state index in [2.05, 4.69) is 5.32 Å². The SMILES string of the molecule is Nc1ccc(C(F)(F)F)cc1C(=O)NC1CCS(=O)CC1. The topological polar surface area (TPSA) is 72.2 Å². The lowest BCUT2D eigenvalue weighted by atomic mass is 10.1. The molecule has 0 saturated carbocycles. The van der Waals surface area contributed by atoms with E-state index in [1.807, 2.05) is 0 Å². The van der Waals surface area contributed by atoms with E-state index in [0.717, 1.165) is 18.2 Å². The molecule has 0 aromatic heterocycles. The highest BCUT2D eigenvalue weighted by Gasteiger charge is 2.32. The first kappa shape index (κ1) is 15.8. The van der Waals surface area contributed by atoms with Gasteiger partial charge in [-0.05, 0) is 31.0 Å². The van der Waals surface area contributed by atoms with Gasteiger partial charge in [-0.3, -0.25) is 9.00 Å². The van der Waals surface area contributed by atoms with Crippen molar-refractivity contribution in [3.05, 3.63) is 29.3 Å². The van der Waals surface area contributed by atoms with Gasteiger partial charge in [0.15, 0.2) is 0 Å². The maximum absolute atomic E-state index is 12.7. The molecule has 0 aliphatic carbocycles. The number of hydrogen-bond acceptors (Lipinski definition) is 3. The molecule has 0 atom stereocenters. The molecule has 0 unspecified atom stereocenters. The van der Waals surface area contributed by atoms with Crippen molar-refractivity contribution in [2.45, 2.75) is 25.1 Å². The summed E-state index contributed by atoms with van der Waals surface area (Å²) in [7, 11) is -0.865. The summed E-state index contributed by atoms with van der Waals surface area (Å²) in [5, 5.41) is 2.65. The van der Waals surface area contributed by atoms with Crippen LogP contribution in [0.15, 0.2) is 18.2 Å². The summed E-state index contributed by atoms with van der Waals surface area (Å²) >= 11 is 0. The van der Waals surface area contributed by atoms with Gasteiger partial charge in [0.25, 0.3) is 5.91 Å². The summed E-state index contributed by atoms with van der Waals surface area (Å²) in [4.78, 5) is 12.1. The van der Waals surface area contributed by atoms with E-state index in [4.69, 9.17) is 5.73 Å². The number of carbonyl (C=O) groups excluding carboxylic acids is 1. The van der Waals surface area contributed by atoms with Gasteiger partial charge in [-0.25, -0.2) is 0 Å². The summed E-state index contributed by atoms with van der Waals surface area (Å²) in [5.74, 6) is 0.350. The van der Waals surface area contributed by atoms with Crippen molar-refractivity contribution in [3.8, 4) is 0 Å². The summed E-state index contributed by atoms with van der Waals surface area (Å²) < 4.78 is 49.2. The Balaban J connectivity index is 2.13. The Morgan fingerprint density at radius 3 is 2.48 bits per heavy atom. The van der Waals surface area contributed by atoms with Crippen LogP contribution in [0.4, 0.5) is 18.9 Å². The second kappa shape index (κ2) is 6.05. The number of alkyl halides is 3. The van der Waals surface area contributed by atoms with Gasteiger partial charge in [-0.15, -0.1) is 0 Å². The van der Waals surface area contributed by atoms with E-state index in [-0.39, 0.29) is 17.3 Å². The molecule has 8 heteroatoms. The number of nitrogens with one attached hydrogen (secondary N) is 1. The molecule has 2 rings (SSSR count). The van der Waals surface area contributed by atoms with Gasteiger partial charge in [0.2, 0.25) is 0 Å². The van der Waals surface area contributed by atoms with Gasteiger partial charge >= 0.3 is 6.18 Å². The minimum Gasteiger partial charge on any atom is -0.398 e. The van der Waals surface area contributed by atoms with Crippen LogP contribution < -0.4 is 11.1 Å². The highest BCUT2D eigenvalue weighted by Crippen LogP contribution is 2.31. The van der Waals surface area contributed by atoms with Gasteiger partial charge in [0, 0.05) is 34.0 Å². The van der Waals surface area contributed by atoms with E-state index < -0.39 is 28.4 Å². The van der Waals surface area contributed by atoms with E-state index in [0.29, 0.717) is 24.3 Å². The van der Waals surface area contributed by atoms with E-state index in [1.54, 1.807) is 0 Å². The first-order chi connectivity index (χ1) is 9.77. The predicted molar refractivity (Wildman–Crippen MR) is 74.2 cm³/mol. The van der Waals surface area contributed by atoms with E-state index in [9.17, 15) is 22.2 Å². The largest absolute Gasteiger partial charge is 0.416 e. The van der Waals surface area contributed by atoms with Gasteiger partial charge < -0.3 is 11.1 Å². The molecule has 1 aromatic rings. The average molecular weight is 320 g/mol. The highest BCUT2D eigenvalue weighted by molar-refractivity contribution is 7.85. The molecule has 3 N–H and O–H groups in total. The van der Waals surface area contributed by atoms with Crippen molar-refractivity contribution in [2.24, 2.45) is 0 Å². The van der Waals surface area contributed by atoms with Crippen LogP contribution in [0.2, 0.25) is 0 Å². The number of carbonyl (C=O) groups is 1. The number of nitrogen functional groups attached to an aromatic ring is 1. The van der Waals surface area contributed by atoms with Crippen molar-refractivity contribution in [2.75, 3.05) is 17.2 Å². The summed E-state index contributed by atoms with van der Waals surface area (Å²) in [5.41, 5.74) is 4.49. The quantitative estimate of drug-likeness (QED) is 0.818. The first-order valence-electron chi connectivity index (χ1n) is 6.40. The average Bonchev–Trinajstić information content (AvgIpc) is 2.40. The van der Waals surface area contributed by atoms with Crippen molar-refractivity contribution in [3.63, 3.8) is 0 Å². The lowest BCUT2D eigenvalue weighted by Crippen LogP contribution is -2.39. The van der Waals surface area contributed by atoms with Crippen LogP contribution in [0.25, 0.3) is 0 Å². The van der Waals surface area contributed by atoms with E-state index >= 15 is 0 Å². The predicted octanol–water partition coefficient (Wildman–Crippen LogP) is 1.93. The summed E-state index contributed by atoms with van der Waals surface area (Å²) in [6, 6.07) is 2.50. The number of amides is 1. The highest BCUT2D eigenvalue weighted by atomic mass is 32.2. The van der Waals surface area contributed by atoms with Gasteiger partial charge in [-0.1, -0.05) is 0 Å². The fraction of sp³-hybridized carbons (Fsp3) is 0.462. The second-order valence-corrected chi connectivity index (χ2v) is 6.59. The van der Waals surface area contributed by atoms with Gasteiger partial charge in [0.05, 0.1) is 11.1 Å². The number of hydrogen-bond donors (Lipinski definition) is 2. The number of rotatable bonds is 2. The normalized spacial score (nSPS) is 22.8.